The number of hydrogen-bond donors (Lipinski definition) is 1. The molecule has 0 aromatic rings. The first-order valence-corrected chi connectivity index (χ1v) is 4.72. The maximum Gasteiger partial charge on any atom is 0.317 e. The molecule has 5 nitrogen and oxygen atoms in total. The zero-order valence-corrected chi connectivity index (χ0v) is 8.91. The predicted octanol–water partition coefficient (Wildman–Crippen LogP) is -0.122. The molecule has 1 N–H and O–H groups in total. The van der Waals surface area contributed by atoms with Crippen LogP contribution in [-0.2, 0) is 4.79 Å². The summed E-state index contributed by atoms with van der Waals surface area (Å²) in [4.78, 5) is 25.6. The quantitative estimate of drug-likeness (QED) is 0.640. The van der Waals surface area contributed by atoms with Crippen molar-refractivity contribution >= 4 is 11.9 Å². The first kappa shape index (κ1) is 10.8. The van der Waals surface area contributed by atoms with Crippen LogP contribution in [0, 0.1) is 0 Å². The van der Waals surface area contributed by atoms with Crippen LogP contribution in [0.1, 0.15) is 12.8 Å². The fraction of sp³-hybridized carbons (Fsp3) is 0.778. The lowest BCUT2D eigenvalue weighted by Crippen LogP contribution is -2.50. The Morgan fingerprint density at radius 2 is 2.21 bits per heavy atom. The van der Waals surface area contributed by atoms with E-state index in [9.17, 15) is 9.59 Å². The Morgan fingerprint density at radius 1 is 1.57 bits per heavy atom. The second kappa shape index (κ2) is 4.30. The highest BCUT2D eigenvalue weighted by molar-refractivity contribution is 5.78. The molecule has 0 aromatic carbocycles. The number of piperidine rings is 1. The Kier molecular flexibility index (Phi) is 3.33. The van der Waals surface area contributed by atoms with Gasteiger partial charge in [-0.1, -0.05) is 0 Å². The van der Waals surface area contributed by atoms with Gasteiger partial charge in [0.2, 0.25) is 5.91 Å². The molecule has 80 valence electrons. The number of hydrogen-bond acceptors (Lipinski definition) is 2. The summed E-state index contributed by atoms with van der Waals surface area (Å²) in [5.74, 6) is 0.153. The second-order valence-corrected chi connectivity index (χ2v) is 3.85. The van der Waals surface area contributed by atoms with E-state index in [1.807, 2.05) is 0 Å². The summed E-state index contributed by atoms with van der Waals surface area (Å²) < 4.78 is 0. The van der Waals surface area contributed by atoms with E-state index in [1.54, 1.807) is 26.0 Å². The number of urea groups is 1. The third kappa shape index (κ3) is 2.61. The molecule has 1 unspecified atom stereocenters. The molecule has 5 heteroatoms. The largest absolute Gasteiger partial charge is 0.344 e. The highest BCUT2D eigenvalue weighted by atomic mass is 16.2. The van der Waals surface area contributed by atoms with Crippen molar-refractivity contribution in [2.45, 2.75) is 18.9 Å². The van der Waals surface area contributed by atoms with E-state index in [2.05, 4.69) is 5.32 Å². The summed E-state index contributed by atoms with van der Waals surface area (Å²) in [6, 6.07) is -0.00894. The molecule has 1 rings (SSSR count). The van der Waals surface area contributed by atoms with Gasteiger partial charge in [0.05, 0.1) is 0 Å². The minimum absolute atomic E-state index is 0.0904. The first-order chi connectivity index (χ1) is 6.50. The smallest absolute Gasteiger partial charge is 0.317 e. The maximum atomic E-state index is 11.3. The van der Waals surface area contributed by atoms with E-state index in [4.69, 9.17) is 0 Å². The summed E-state index contributed by atoms with van der Waals surface area (Å²) in [5, 5.41) is 2.86. The van der Waals surface area contributed by atoms with Gasteiger partial charge in [0.15, 0.2) is 0 Å². The topological polar surface area (TPSA) is 52.7 Å². The van der Waals surface area contributed by atoms with Crippen LogP contribution in [0.15, 0.2) is 0 Å². The van der Waals surface area contributed by atoms with Crippen molar-refractivity contribution in [2.75, 3.05) is 27.7 Å². The predicted molar refractivity (Wildman–Crippen MR) is 52.9 cm³/mol. The molecule has 1 saturated heterocycles. The van der Waals surface area contributed by atoms with Gasteiger partial charge in [-0.3, -0.25) is 4.79 Å². The number of nitrogens with one attached hydrogen (secondary N) is 1. The molecule has 1 atom stereocenters. The van der Waals surface area contributed by atoms with Gasteiger partial charge in [0, 0.05) is 40.2 Å². The van der Waals surface area contributed by atoms with Crippen LogP contribution in [0.2, 0.25) is 0 Å². The van der Waals surface area contributed by atoms with Gasteiger partial charge in [0.1, 0.15) is 0 Å². The Balaban J connectivity index is 2.40. The average molecular weight is 199 g/mol. The Bertz CT molecular complexity index is 240. The normalized spacial score (nSPS) is 22.1. The van der Waals surface area contributed by atoms with Crippen LogP contribution in [0.4, 0.5) is 4.79 Å². The summed E-state index contributed by atoms with van der Waals surface area (Å²) in [6.45, 7) is 0.610. The average Bonchev–Trinajstić information content (AvgIpc) is 2.11. The minimum Gasteiger partial charge on any atom is -0.344 e. The molecule has 1 aliphatic rings. The second-order valence-electron chi connectivity index (χ2n) is 3.85. The Hall–Kier alpha value is -1.26. The van der Waals surface area contributed by atoms with Gasteiger partial charge >= 0.3 is 6.03 Å². The highest BCUT2D eigenvalue weighted by Gasteiger charge is 2.24. The molecule has 0 spiro atoms. The molecule has 14 heavy (non-hydrogen) atoms. The summed E-state index contributed by atoms with van der Waals surface area (Å²) in [5.41, 5.74) is 0. The van der Waals surface area contributed by atoms with Crippen molar-refractivity contribution < 1.29 is 9.59 Å². The number of likely N-dealkylation sites (tertiary alicyclic amines) is 1. The van der Waals surface area contributed by atoms with Crippen molar-refractivity contribution in [1.29, 1.82) is 0 Å². The van der Waals surface area contributed by atoms with Gasteiger partial charge < -0.3 is 15.1 Å². The molecule has 1 fully saturated rings. The number of rotatable bonds is 1. The van der Waals surface area contributed by atoms with Gasteiger partial charge in [-0.2, -0.15) is 0 Å². The summed E-state index contributed by atoms with van der Waals surface area (Å²) >= 11 is 0. The molecule has 1 aliphatic heterocycles. The molecule has 0 aromatic heterocycles. The first-order valence-electron chi connectivity index (χ1n) is 4.72. The summed E-state index contributed by atoms with van der Waals surface area (Å²) in [7, 11) is 5.16. The Labute approximate surface area is 84.0 Å². The molecule has 0 radical (unpaired) electrons. The van der Waals surface area contributed by atoms with Crippen molar-refractivity contribution in [3.63, 3.8) is 0 Å². The van der Waals surface area contributed by atoms with Crippen LogP contribution in [0.3, 0.4) is 0 Å². The number of carbonyl (C=O) groups excluding carboxylic acids is 2. The number of amides is 3. The lowest BCUT2D eigenvalue weighted by atomic mass is 10.1. The van der Waals surface area contributed by atoms with E-state index in [1.165, 1.54) is 4.90 Å². The zero-order chi connectivity index (χ0) is 10.7. The standard InChI is InChI=1S/C9H17N3O2/c1-11(2)9(14)10-7-4-5-8(13)12(3)6-7/h7H,4-6H2,1-3H3,(H,10,14). The molecule has 3 amide bonds. The van der Waals surface area contributed by atoms with Crippen molar-refractivity contribution in [3.8, 4) is 0 Å². The Morgan fingerprint density at radius 3 is 2.71 bits per heavy atom. The lowest BCUT2D eigenvalue weighted by Gasteiger charge is -2.30. The lowest BCUT2D eigenvalue weighted by molar-refractivity contribution is -0.132. The van der Waals surface area contributed by atoms with E-state index in [0.717, 1.165) is 6.42 Å². The van der Waals surface area contributed by atoms with Crippen LogP contribution in [0.5, 0.6) is 0 Å². The molecular formula is C9H17N3O2. The zero-order valence-electron chi connectivity index (χ0n) is 8.91. The van der Waals surface area contributed by atoms with Crippen molar-refractivity contribution in [1.82, 2.24) is 15.1 Å². The maximum absolute atomic E-state index is 11.3. The van der Waals surface area contributed by atoms with Crippen LogP contribution >= 0.6 is 0 Å². The van der Waals surface area contributed by atoms with E-state index in [0.29, 0.717) is 13.0 Å². The molecule has 0 bridgehead atoms. The minimum atomic E-state index is -0.0993. The summed E-state index contributed by atoms with van der Waals surface area (Å²) in [6.07, 6.45) is 1.26. The molecule has 0 saturated carbocycles. The molecule has 0 aliphatic carbocycles. The monoisotopic (exact) mass is 199 g/mol. The van der Waals surface area contributed by atoms with Gasteiger partial charge in [0.25, 0.3) is 0 Å². The van der Waals surface area contributed by atoms with Crippen LogP contribution in [-0.4, -0.2) is 55.5 Å². The third-order valence-electron chi connectivity index (χ3n) is 2.36. The van der Waals surface area contributed by atoms with Crippen LogP contribution < -0.4 is 5.32 Å². The SMILES string of the molecule is CN(C)C(=O)NC1CCC(=O)N(C)C1. The van der Waals surface area contributed by atoms with Crippen molar-refractivity contribution in [2.24, 2.45) is 0 Å². The highest BCUT2D eigenvalue weighted by Crippen LogP contribution is 2.09. The number of likely N-dealkylation sites (N-methyl/N-ethyl adjacent to an activating group) is 1. The number of carbonyl (C=O) groups is 2. The van der Waals surface area contributed by atoms with Gasteiger partial charge in [-0.25, -0.2) is 4.79 Å². The number of nitrogens with zero attached hydrogens (tertiary/aromatic N) is 2. The third-order valence-corrected chi connectivity index (χ3v) is 2.36. The van der Waals surface area contributed by atoms with Crippen LogP contribution in [0.25, 0.3) is 0 Å². The van der Waals surface area contributed by atoms with Gasteiger partial charge in [-0.15, -0.1) is 0 Å². The fourth-order valence-corrected chi connectivity index (χ4v) is 1.43. The fourth-order valence-electron chi connectivity index (χ4n) is 1.43. The molecular weight excluding hydrogens is 182 g/mol. The van der Waals surface area contributed by atoms with Gasteiger partial charge in [-0.05, 0) is 6.42 Å². The van der Waals surface area contributed by atoms with E-state index in [-0.39, 0.29) is 18.0 Å². The van der Waals surface area contributed by atoms with Crippen molar-refractivity contribution in [3.05, 3.63) is 0 Å². The van der Waals surface area contributed by atoms with E-state index < -0.39 is 0 Å². The molecule has 1 heterocycles. The van der Waals surface area contributed by atoms with E-state index >= 15 is 0 Å².